The zero-order valence-electron chi connectivity index (χ0n) is 16.3. The summed E-state index contributed by atoms with van der Waals surface area (Å²) in [5, 5.41) is 2.55. The van der Waals surface area contributed by atoms with Gasteiger partial charge in [0.25, 0.3) is 5.91 Å². The average Bonchev–Trinajstić information content (AvgIpc) is 2.74. The Hall–Kier alpha value is -3.54. The van der Waals surface area contributed by atoms with Gasteiger partial charge < -0.3 is 10.1 Å². The highest BCUT2D eigenvalue weighted by Gasteiger charge is 2.25. The fourth-order valence-electron chi connectivity index (χ4n) is 3.19. The summed E-state index contributed by atoms with van der Waals surface area (Å²) in [5.74, 6) is -3.28. The number of nitrogens with one attached hydrogen (secondary N) is 1. The molecule has 4 nitrogen and oxygen atoms in total. The maximum Gasteiger partial charge on any atom is 0.318 e. The monoisotopic (exact) mass is 409 g/mol. The number of esters is 1. The first-order valence-corrected chi connectivity index (χ1v) is 9.46. The minimum Gasteiger partial charge on any atom is -0.455 e. The van der Waals surface area contributed by atoms with E-state index in [9.17, 15) is 18.4 Å². The Bertz CT molecular complexity index is 970. The number of carbonyl (C=O) groups excluding carboxylic acids is 2. The molecule has 0 radical (unpaired) electrons. The molecule has 0 spiro atoms. The number of ether oxygens (including phenoxy) is 1. The van der Waals surface area contributed by atoms with Crippen molar-refractivity contribution < 1.29 is 23.1 Å². The number of amides is 1. The zero-order valence-corrected chi connectivity index (χ0v) is 16.3. The molecule has 0 unspecified atom stereocenters. The van der Waals surface area contributed by atoms with Crippen LogP contribution in [0.15, 0.2) is 78.9 Å². The molecule has 0 aromatic heterocycles. The molecule has 6 heteroatoms. The Labute approximate surface area is 173 Å². The number of hydrogen-bond acceptors (Lipinski definition) is 3. The van der Waals surface area contributed by atoms with E-state index in [1.807, 2.05) is 60.7 Å². The SMILES string of the molecule is C[C@@H](NC(=O)COC(=O)C(c1ccccc1)c1ccccc1)c1ccc(F)cc1F. The van der Waals surface area contributed by atoms with Crippen LogP contribution in [0.3, 0.4) is 0 Å². The van der Waals surface area contributed by atoms with Crippen LogP contribution in [0.25, 0.3) is 0 Å². The first-order chi connectivity index (χ1) is 14.5. The molecule has 0 aliphatic heterocycles. The van der Waals surface area contributed by atoms with Gasteiger partial charge in [-0.1, -0.05) is 66.7 Å². The van der Waals surface area contributed by atoms with E-state index >= 15 is 0 Å². The van der Waals surface area contributed by atoms with Gasteiger partial charge >= 0.3 is 5.97 Å². The highest BCUT2D eigenvalue weighted by atomic mass is 19.1. The van der Waals surface area contributed by atoms with Crippen molar-refractivity contribution in [2.75, 3.05) is 6.61 Å². The van der Waals surface area contributed by atoms with Gasteiger partial charge in [0.1, 0.15) is 17.6 Å². The molecule has 0 heterocycles. The smallest absolute Gasteiger partial charge is 0.318 e. The van der Waals surface area contributed by atoms with Crippen LogP contribution in [0.4, 0.5) is 8.78 Å². The molecule has 1 amide bonds. The Morgan fingerprint density at radius 2 is 1.47 bits per heavy atom. The van der Waals surface area contributed by atoms with Gasteiger partial charge in [0, 0.05) is 11.6 Å². The summed E-state index contributed by atoms with van der Waals surface area (Å²) >= 11 is 0. The van der Waals surface area contributed by atoms with Crippen molar-refractivity contribution >= 4 is 11.9 Å². The summed E-state index contributed by atoms with van der Waals surface area (Å²) < 4.78 is 32.2. The fraction of sp³-hybridized carbons (Fsp3) is 0.167. The van der Waals surface area contributed by atoms with Gasteiger partial charge in [0.15, 0.2) is 6.61 Å². The fourth-order valence-corrected chi connectivity index (χ4v) is 3.19. The van der Waals surface area contributed by atoms with Crippen LogP contribution in [-0.4, -0.2) is 18.5 Å². The quantitative estimate of drug-likeness (QED) is 0.584. The van der Waals surface area contributed by atoms with Crippen LogP contribution in [0.2, 0.25) is 0 Å². The lowest BCUT2D eigenvalue weighted by Crippen LogP contribution is -2.32. The van der Waals surface area contributed by atoms with Gasteiger partial charge in [-0.3, -0.25) is 9.59 Å². The number of rotatable bonds is 7. The first kappa shape index (κ1) is 21.2. The van der Waals surface area contributed by atoms with E-state index in [-0.39, 0.29) is 5.56 Å². The third-order valence-corrected chi connectivity index (χ3v) is 4.65. The first-order valence-electron chi connectivity index (χ1n) is 9.46. The van der Waals surface area contributed by atoms with Crippen molar-refractivity contribution in [2.45, 2.75) is 18.9 Å². The Morgan fingerprint density at radius 1 is 0.900 bits per heavy atom. The average molecular weight is 409 g/mol. The van der Waals surface area contributed by atoms with Crippen LogP contribution >= 0.6 is 0 Å². The van der Waals surface area contributed by atoms with Crippen LogP contribution in [0, 0.1) is 11.6 Å². The van der Waals surface area contributed by atoms with Crippen molar-refractivity contribution in [3.05, 3.63) is 107 Å². The van der Waals surface area contributed by atoms with E-state index in [1.54, 1.807) is 6.92 Å². The van der Waals surface area contributed by atoms with Crippen molar-refractivity contribution in [2.24, 2.45) is 0 Å². The molecule has 0 bridgehead atoms. The summed E-state index contributed by atoms with van der Waals surface area (Å²) in [6.07, 6.45) is 0. The lowest BCUT2D eigenvalue weighted by molar-refractivity contribution is -0.149. The van der Waals surface area contributed by atoms with E-state index in [1.165, 1.54) is 6.07 Å². The van der Waals surface area contributed by atoms with Gasteiger partial charge in [0.05, 0.1) is 6.04 Å². The van der Waals surface area contributed by atoms with E-state index in [0.29, 0.717) is 0 Å². The molecule has 30 heavy (non-hydrogen) atoms. The summed E-state index contributed by atoms with van der Waals surface area (Å²) in [4.78, 5) is 25.0. The topological polar surface area (TPSA) is 55.4 Å². The van der Waals surface area contributed by atoms with Crippen molar-refractivity contribution in [1.82, 2.24) is 5.32 Å². The second kappa shape index (κ2) is 9.78. The Morgan fingerprint density at radius 3 is 2.00 bits per heavy atom. The van der Waals surface area contributed by atoms with Gasteiger partial charge in [0.2, 0.25) is 0 Å². The summed E-state index contributed by atoms with van der Waals surface area (Å²) in [6, 6.07) is 20.7. The zero-order chi connectivity index (χ0) is 21.5. The molecule has 0 aliphatic carbocycles. The molecule has 154 valence electrons. The third-order valence-electron chi connectivity index (χ3n) is 4.65. The number of hydrogen-bond donors (Lipinski definition) is 1. The van der Waals surface area contributed by atoms with Crippen molar-refractivity contribution in [3.63, 3.8) is 0 Å². The van der Waals surface area contributed by atoms with Gasteiger partial charge in [-0.25, -0.2) is 8.78 Å². The van der Waals surface area contributed by atoms with E-state index < -0.39 is 42.1 Å². The predicted molar refractivity (Wildman–Crippen MR) is 109 cm³/mol. The summed E-state index contributed by atoms with van der Waals surface area (Å²) in [6.45, 7) is 1.05. The largest absolute Gasteiger partial charge is 0.455 e. The summed E-state index contributed by atoms with van der Waals surface area (Å²) in [5.41, 5.74) is 1.63. The van der Waals surface area contributed by atoms with Gasteiger partial charge in [-0.05, 0) is 24.1 Å². The molecule has 0 aliphatic rings. The molecule has 3 rings (SSSR count). The Kier molecular flexibility index (Phi) is 6.91. The molecule has 3 aromatic rings. The van der Waals surface area contributed by atoms with E-state index in [4.69, 9.17) is 4.74 Å². The van der Waals surface area contributed by atoms with Crippen molar-refractivity contribution in [1.29, 1.82) is 0 Å². The summed E-state index contributed by atoms with van der Waals surface area (Å²) in [7, 11) is 0. The number of benzene rings is 3. The lowest BCUT2D eigenvalue weighted by Gasteiger charge is -2.18. The molecule has 0 saturated carbocycles. The predicted octanol–water partition coefficient (Wildman–Crippen LogP) is 4.52. The van der Waals surface area contributed by atoms with Gasteiger partial charge in [-0.15, -0.1) is 0 Å². The highest BCUT2D eigenvalue weighted by molar-refractivity contribution is 5.85. The molecule has 1 N–H and O–H groups in total. The highest BCUT2D eigenvalue weighted by Crippen LogP contribution is 2.26. The minimum absolute atomic E-state index is 0.141. The van der Waals surface area contributed by atoms with Crippen LogP contribution < -0.4 is 5.32 Å². The maximum absolute atomic E-state index is 13.9. The molecule has 3 aromatic carbocycles. The second-order valence-corrected chi connectivity index (χ2v) is 6.82. The third kappa shape index (κ3) is 5.29. The molecular weight excluding hydrogens is 388 g/mol. The Balaban J connectivity index is 1.65. The molecule has 0 saturated heterocycles. The standard InChI is InChI=1S/C24H21F2NO3/c1-16(20-13-12-19(25)14-21(20)26)27-22(28)15-30-24(29)23(17-8-4-2-5-9-17)18-10-6-3-7-11-18/h2-14,16,23H,15H2,1H3,(H,27,28)/t16-/m1/s1. The lowest BCUT2D eigenvalue weighted by atomic mass is 9.91. The molecular formula is C24H21F2NO3. The maximum atomic E-state index is 13.9. The molecule has 1 atom stereocenters. The van der Waals surface area contributed by atoms with E-state index in [2.05, 4.69) is 5.32 Å². The minimum atomic E-state index is -0.756. The second-order valence-electron chi connectivity index (χ2n) is 6.82. The van der Waals surface area contributed by atoms with Crippen LogP contribution in [0.1, 0.15) is 35.6 Å². The number of carbonyl (C=O) groups is 2. The number of halogens is 2. The van der Waals surface area contributed by atoms with E-state index in [0.717, 1.165) is 23.3 Å². The normalized spacial score (nSPS) is 11.7. The van der Waals surface area contributed by atoms with Gasteiger partial charge in [-0.2, -0.15) is 0 Å². The van der Waals surface area contributed by atoms with Crippen molar-refractivity contribution in [3.8, 4) is 0 Å². The van der Waals surface area contributed by atoms with Crippen LogP contribution in [-0.2, 0) is 14.3 Å². The van der Waals surface area contributed by atoms with Crippen LogP contribution in [0.5, 0.6) is 0 Å². The molecule has 0 fully saturated rings.